The van der Waals surface area contributed by atoms with E-state index in [0.29, 0.717) is 6.04 Å². The average molecular weight is 296 g/mol. The van der Waals surface area contributed by atoms with E-state index in [1.54, 1.807) is 0 Å². The molecular weight excluding hydrogens is 272 g/mol. The highest BCUT2D eigenvalue weighted by atomic mass is 15.2. The Hall–Kier alpha value is -2.10. The second-order valence-corrected chi connectivity index (χ2v) is 6.91. The zero-order valence-electron chi connectivity index (χ0n) is 14.3. The molecule has 0 amide bonds. The van der Waals surface area contributed by atoms with E-state index in [1.165, 1.54) is 16.8 Å². The van der Waals surface area contributed by atoms with Gasteiger partial charge in [0.25, 0.3) is 0 Å². The van der Waals surface area contributed by atoms with Crippen LogP contribution < -0.4 is 9.80 Å². The van der Waals surface area contributed by atoms with Crippen LogP contribution in [-0.4, -0.2) is 37.2 Å². The van der Waals surface area contributed by atoms with E-state index in [-0.39, 0.29) is 5.41 Å². The number of fused-ring (bicyclic) bond motifs is 1. The van der Waals surface area contributed by atoms with Crippen molar-refractivity contribution in [2.45, 2.75) is 32.2 Å². The van der Waals surface area contributed by atoms with Crippen LogP contribution in [0.2, 0.25) is 0 Å². The first-order valence-electron chi connectivity index (χ1n) is 7.69. The number of hydrogen-bond acceptors (Lipinski definition) is 4. The van der Waals surface area contributed by atoms with Gasteiger partial charge < -0.3 is 9.80 Å². The fraction of sp³-hybridized carbons (Fsp3) is 0.444. The number of rotatable bonds is 2. The van der Waals surface area contributed by atoms with Crippen LogP contribution in [0.4, 0.5) is 11.6 Å². The molecule has 2 heterocycles. The maximum atomic E-state index is 4.41. The van der Waals surface area contributed by atoms with Crippen molar-refractivity contribution < 1.29 is 0 Å². The summed E-state index contributed by atoms with van der Waals surface area (Å²) in [5.74, 6) is 0.733. The fourth-order valence-electron chi connectivity index (χ4n) is 3.17. The largest absolute Gasteiger partial charge is 0.371 e. The quantitative estimate of drug-likeness (QED) is 0.851. The SMILES string of the molecule is CC1N(C)c2cc(-c3cnc(N(C)C)nc3)ccc2C1(C)C. The molecule has 1 aromatic carbocycles. The molecule has 4 nitrogen and oxygen atoms in total. The molecule has 4 heteroatoms. The van der Waals surface area contributed by atoms with Gasteiger partial charge in [0, 0.05) is 56.2 Å². The van der Waals surface area contributed by atoms with Crippen LogP contribution >= 0.6 is 0 Å². The van der Waals surface area contributed by atoms with Crippen molar-refractivity contribution in [1.82, 2.24) is 9.97 Å². The topological polar surface area (TPSA) is 32.3 Å². The molecule has 0 N–H and O–H groups in total. The number of benzene rings is 1. The van der Waals surface area contributed by atoms with Crippen molar-refractivity contribution in [1.29, 1.82) is 0 Å². The molecule has 3 rings (SSSR count). The van der Waals surface area contributed by atoms with Crippen molar-refractivity contribution in [3.05, 3.63) is 36.2 Å². The lowest BCUT2D eigenvalue weighted by Crippen LogP contribution is -2.36. The Morgan fingerprint density at radius 2 is 1.73 bits per heavy atom. The number of likely N-dealkylation sites (N-methyl/N-ethyl adjacent to an activating group) is 1. The van der Waals surface area contributed by atoms with Gasteiger partial charge >= 0.3 is 0 Å². The molecule has 1 aliphatic heterocycles. The van der Waals surface area contributed by atoms with Crippen molar-refractivity contribution in [3.63, 3.8) is 0 Å². The Labute approximate surface area is 132 Å². The van der Waals surface area contributed by atoms with Gasteiger partial charge in [-0.1, -0.05) is 26.0 Å². The molecule has 0 saturated carbocycles. The van der Waals surface area contributed by atoms with E-state index in [1.807, 2.05) is 31.4 Å². The summed E-state index contributed by atoms with van der Waals surface area (Å²) in [5.41, 5.74) is 5.12. The molecule has 22 heavy (non-hydrogen) atoms. The maximum Gasteiger partial charge on any atom is 0.224 e. The summed E-state index contributed by atoms with van der Waals surface area (Å²) in [4.78, 5) is 13.1. The molecule has 0 spiro atoms. The second kappa shape index (κ2) is 4.97. The van der Waals surface area contributed by atoms with Crippen molar-refractivity contribution >= 4 is 11.6 Å². The Morgan fingerprint density at radius 1 is 1.09 bits per heavy atom. The molecule has 0 aliphatic carbocycles. The molecule has 0 fully saturated rings. The summed E-state index contributed by atoms with van der Waals surface area (Å²) < 4.78 is 0. The Bertz CT molecular complexity index is 689. The predicted molar refractivity (Wildman–Crippen MR) is 92.7 cm³/mol. The third-order valence-corrected chi connectivity index (χ3v) is 5.07. The molecule has 0 saturated heterocycles. The highest BCUT2D eigenvalue weighted by Gasteiger charge is 2.40. The summed E-state index contributed by atoms with van der Waals surface area (Å²) in [7, 11) is 6.07. The Kier molecular flexibility index (Phi) is 3.35. The Balaban J connectivity index is 2.02. The molecule has 2 aromatic rings. The van der Waals surface area contributed by atoms with Gasteiger partial charge in [-0.05, 0) is 24.1 Å². The van der Waals surface area contributed by atoms with Crippen LogP contribution in [0.25, 0.3) is 11.1 Å². The summed E-state index contributed by atoms with van der Waals surface area (Å²) in [5, 5.41) is 0. The normalized spacial score (nSPS) is 19.2. The van der Waals surface area contributed by atoms with E-state index < -0.39 is 0 Å². The lowest BCUT2D eigenvalue weighted by Gasteiger charge is -2.28. The smallest absolute Gasteiger partial charge is 0.224 e. The lowest BCUT2D eigenvalue weighted by atomic mass is 9.81. The molecule has 1 atom stereocenters. The van der Waals surface area contributed by atoms with E-state index in [0.717, 1.165) is 11.5 Å². The van der Waals surface area contributed by atoms with Crippen LogP contribution in [0.5, 0.6) is 0 Å². The minimum absolute atomic E-state index is 0.174. The first kappa shape index (κ1) is 14.8. The summed E-state index contributed by atoms with van der Waals surface area (Å²) in [6.07, 6.45) is 3.79. The molecule has 1 aliphatic rings. The number of nitrogens with zero attached hydrogens (tertiary/aromatic N) is 4. The van der Waals surface area contributed by atoms with Gasteiger partial charge in [0.15, 0.2) is 0 Å². The van der Waals surface area contributed by atoms with Crippen LogP contribution in [-0.2, 0) is 5.41 Å². The van der Waals surface area contributed by atoms with Gasteiger partial charge in [-0.3, -0.25) is 0 Å². The maximum absolute atomic E-state index is 4.41. The zero-order valence-corrected chi connectivity index (χ0v) is 14.3. The van der Waals surface area contributed by atoms with Gasteiger partial charge in [0.05, 0.1) is 0 Å². The van der Waals surface area contributed by atoms with Crippen LogP contribution in [0.15, 0.2) is 30.6 Å². The van der Waals surface area contributed by atoms with E-state index in [2.05, 4.69) is 60.9 Å². The third-order valence-electron chi connectivity index (χ3n) is 5.07. The molecule has 116 valence electrons. The van der Waals surface area contributed by atoms with Crippen LogP contribution in [0.3, 0.4) is 0 Å². The minimum atomic E-state index is 0.174. The van der Waals surface area contributed by atoms with Gasteiger partial charge in [0.1, 0.15) is 0 Å². The summed E-state index contributed by atoms with van der Waals surface area (Å²) in [6.45, 7) is 6.91. The predicted octanol–water partition coefficient (Wildman–Crippen LogP) is 3.33. The van der Waals surface area contributed by atoms with E-state index in [9.17, 15) is 0 Å². The Morgan fingerprint density at radius 3 is 2.32 bits per heavy atom. The number of hydrogen-bond donors (Lipinski definition) is 0. The zero-order chi connectivity index (χ0) is 16.1. The van der Waals surface area contributed by atoms with Crippen molar-refractivity contribution in [2.75, 3.05) is 30.9 Å². The molecule has 0 bridgehead atoms. The fourth-order valence-corrected chi connectivity index (χ4v) is 3.17. The van der Waals surface area contributed by atoms with Crippen molar-refractivity contribution in [2.24, 2.45) is 0 Å². The van der Waals surface area contributed by atoms with Gasteiger partial charge in [0.2, 0.25) is 5.95 Å². The minimum Gasteiger partial charge on any atom is -0.371 e. The summed E-state index contributed by atoms with van der Waals surface area (Å²) in [6, 6.07) is 7.18. The standard InChI is InChI=1S/C18H24N4/c1-12-18(2,3)15-8-7-13(9-16(15)22(12)6)14-10-19-17(20-11-14)21(4)5/h7-12H,1-6H3. The molecule has 0 radical (unpaired) electrons. The average Bonchev–Trinajstić information content (AvgIpc) is 2.68. The highest BCUT2D eigenvalue weighted by molar-refractivity contribution is 5.73. The summed E-state index contributed by atoms with van der Waals surface area (Å²) >= 11 is 0. The first-order valence-corrected chi connectivity index (χ1v) is 7.69. The molecule has 1 unspecified atom stereocenters. The van der Waals surface area contributed by atoms with Gasteiger partial charge in [-0.15, -0.1) is 0 Å². The highest BCUT2D eigenvalue weighted by Crippen LogP contribution is 2.45. The first-order chi connectivity index (χ1) is 10.3. The molecule has 1 aromatic heterocycles. The second-order valence-electron chi connectivity index (χ2n) is 6.91. The lowest BCUT2D eigenvalue weighted by molar-refractivity contribution is 0.454. The number of anilines is 2. The van der Waals surface area contributed by atoms with Crippen LogP contribution in [0, 0.1) is 0 Å². The van der Waals surface area contributed by atoms with E-state index in [4.69, 9.17) is 0 Å². The third kappa shape index (κ3) is 2.14. The molecular formula is C18H24N4. The van der Waals surface area contributed by atoms with Crippen molar-refractivity contribution in [3.8, 4) is 11.1 Å². The van der Waals surface area contributed by atoms with Gasteiger partial charge in [-0.25, -0.2) is 9.97 Å². The van der Waals surface area contributed by atoms with E-state index >= 15 is 0 Å². The van der Waals surface area contributed by atoms with Gasteiger partial charge in [-0.2, -0.15) is 0 Å². The monoisotopic (exact) mass is 296 g/mol. The van der Waals surface area contributed by atoms with Crippen LogP contribution in [0.1, 0.15) is 26.3 Å². The number of aromatic nitrogens is 2.